The van der Waals surface area contributed by atoms with Gasteiger partial charge >= 0.3 is 0 Å². The SMILES string of the molecule is C#CCCC(O)C(C)(C)N1CCCCCC1. The molecule has 92 valence electrons. The van der Waals surface area contributed by atoms with E-state index in [1.165, 1.54) is 25.7 Å². The van der Waals surface area contributed by atoms with Crippen LogP contribution >= 0.6 is 0 Å². The Morgan fingerprint density at radius 3 is 2.31 bits per heavy atom. The average molecular weight is 223 g/mol. The molecule has 1 rings (SSSR count). The van der Waals surface area contributed by atoms with Gasteiger partial charge in [-0.15, -0.1) is 12.3 Å². The molecule has 1 aliphatic rings. The van der Waals surface area contributed by atoms with Crippen LogP contribution in [0.3, 0.4) is 0 Å². The van der Waals surface area contributed by atoms with E-state index >= 15 is 0 Å². The van der Waals surface area contributed by atoms with Gasteiger partial charge in [0.05, 0.1) is 6.10 Å². The first-order valence-electron chi connectivity index (χ1n) is 6.45. The molecule has 0 amide bonds. The molecule has 0 radical (unpaired) electrons. The molecule has 1 atom stereocenters. The topological polar surface area (TPSA) is 23.5 Å². The van der Waals surface area contributed by atoms with E-state index in [1.807, 2.05) is 0 Å². The first kappa shape index (κ1) is 13.5. The summed E-state index contributed by atoms with van der Waals surface area (Å²) in [6, 6.07) is 0. The summed E-state index contributed by atoms with van der Waals surface area (Å²) in [4.78, 5) is 2.43. The average Bonchev–Trinajstić information content (AvgIpc) is 2.54. The molecule has 1 N–H and O–H groups in total. The van der Waals surface area contributed by atoms with E-state index in [0.717, 1.165) is 13.1 Å². The fraction of sp³-hybridized carbons (Fsp3) is 0.857. The number of terminal acetylenes is 1. The molecule has 0 aromatic carbocycles. The van der Waals surface area contributed by atoms with Gasteiger partial charge in [-0.05, 0) is 46.2 Å². The lowest BCUT2D eigenvalue weighted by Gasteiger charge is -2.41. The molecule has 0 aromatic heterocycles. The molecule has 1 fully saturated rings. The van der Waals surface area contributed by atoms with E-state index in [0.29, 0.717) is 12.8 Å². The number of rotatable bonds is 4. The highest BCUT2D eigenvalue weighted by Gasteiger charge is 2.33. The van der Waals surface area contributed by atoms with Crippen LogP contribution in [0.15, 0.2) is 0 Å². The highest BCUT2D eigenvalue weighted by atomic mass is 16.3. The van der Waals surface area contributed by atoms with Gasteiger partial charge in [0.2, 0.25) is 0 Å². The Bertz CT molecular complexity index is 234. The molecule has 0 aliphatic carbocycles. The van der Waals surface area contributed by atoms with Crippen LogP contribution in [-0.2, 0) is 0 Å². The third-order valence-electron chi connectivity index (χ3n) is 3.80. The van der Waals surface area contributed by atoms with E-state index < -0.39 is 0 Å². The number of aliphatic hydroxyl groups is 1. The van der Waals surface area contributed by atoms with Gasteiger partial charge in [-0.2, -0.15) is 0 Å². The smallest absolute Gasteiger partial charge is 0.0727 e. The Hall–Kier alpha value is -0.520. The highest BCUT2D eigenvalue weighted by Crippen LogP contribution is 2.25. The molecule has 2 heteroatoms. The summed E-state index contributed by atoms with van der Waals surface area (Å²) in [5.74, 6) is 2.61. The Labute approximate surface area is 100 Å². The predicted octanol–water partition coefficient (Wildman–Crippen LogP) is 2.42. The number of hydrogen-bond acceptors (Lipinski definition) is 2. The Balaban J connectivity index is 2.55. The van der Waals surface area contributed by atoms with Gasteiger partial charge < -0.3 is 5.11 Å². The Morgan fingerprint density at radius 1 is 1.25 bits per heavy atom. The van der Waals surface area contributed by atoms with Crippen molar-refractivity contribution in [2.75, 3.05) is 13.1 Å². The maximum atomic E-state index is 10.2. The monoisotopic (exact) mass is 223 g/mol. The molecule has 2 nitrogen and oxygen atoms in total. The van der Waals surface area contributed by atoms with Crippen molar-refractivity contribution in [1.29, 1.82) is 0 Å². The van der Waals surface area contributed by atoms with Crippen molar-refractivity contribution < 1.29 is 5.11 Å². The second kappa shape index (κ2) is 6.27. The van der Waals surface area contributed by atoms with Gasteiger partial charge in [0, 0.05) is 12.0 Å². The largest absolute Gasteiger partial charge is 0.391 e. The van der Waals surface area contributed by atoms with Crippen LogP contribution in [0.4, 0.5) is 0 Å². The standard InChI is InChI=1S/C14H25NO/c1-4-5-10-13(16)14(2,3)15-11-8-6-7-9-12-15/h1,13,16H,5-12H2,2-3H3. The summed E-state index contributed by atoms with van der Waals surface area (Å²) in [6.07, 6.45) is 11.5. The van der Waals surface area contributed by atoms with Gasteiger partial charge in [0.25, 0.3) is 0 Å². The van der Waals surface area contributed by atoms with E-state index in [-0.39, 0.29) is 11.6 Å². The van der Waals surface area contributed by atoms with Crippen LogP contribution < -0.4 is 0 Å². The van der Waals surface area contributed by atoms with Crippen molar-refractivity contribution >= 4 is 0 Å². The second-order valence-corrected chi connectivity index (χ2v) is 5.31. The lowest BCUT2D eigenvalue weighted by molar-refractivity contribution is -0.0118. The molecule has 0 aromatic rings. The molecular formula is C14H25NO. The van der Waals surface area contributed by atoms with Crippen molar-refractivity contribution in [1.82, 2.24) is 4.90 Å². The maximum absolute atomic E-state index is 10.2. The molecule has 1 saturated heterocycles. The summed E-state index contributed by atoms with van der Waals surface area (Å²) in [5, 5.41) is 10.2. The van der Waals surface area contributed by atoms with Gasteiger partial charge in [0.15, 0.2) is 0 Å². The molecule has 1 unspecified atom stereocenters. The van der Waals surface area contributed by atoms with E-state index in [1.54, 1.807) is 0 Å². The number of aliphatic hydroxyl groups excluding tert-OH is 1. The summed E-state index contributed by atoms with van der Waals surface area (Å²) in [7, 11) is 0. The van der Waals surface area contributed by atoms with Gasteiger partial charge in [-0.3, -0.25) is 4.90 Å². The van der Waals surface area contributed by atoms with Crippen molar-refractivity contribution in [3.8, 4) is 12.3 Å². The quantitative estimate of drug-likeness (QED) is 0.740. The Morgan fingerprint density at radius 2 is 1.81 bits per heavy atom. The minimum absolute atomic E-state index is 0.138. The van der Waals surface area contributed by atoms with Gasteiger partial charge in [0.1, 0.15) is 0 Å². The molecular weight excluding hydrogens is 198 g/mol. The normalized spacial score (nSPS) is 21.1. The zero-order valence-corrected chi connectivity index (χ0v) is 10.7. The molecule has 0 spiro atoms. The molecule has 0 saturated carbocycles. The van der Waals surface area contributed by atoms with Gasteiger partial charge in [-0.25, -0.2) is 0 Å². The number of hydrogen-bond donors (Lipinski definition) is 1. The Kier molecular flexibility index (Phi) is 5.31. The van der Waals surface area contributed by atoms with Crippen LogP contribution in [0.1, 0.15) is 52.4 Å². The van der Waals surface area contributed by atoms with E-state index in [2.05, 4.69) is 24.7 Å². The van der Waals surface area contributed by atoms with Crippen molar-refractivity contribution in [2.24, 2.45) is 0 Å². The lowest BCUT2D eigenvalue weighted by Crippen LogP contribution is -2.52. The summed E-state index contributed by atoms with van der Waals surface area (Å²) in [5.41, 5.74) is -0.138. The third-order valence-corrected chi connectivity index (χ3v) is 3.80. The van der Waals surface area contributed by atoms with E-state index in [4.69, 9.17) is 6.42 Å². The third kappa shape index (κ3) is 3.50. The summed E-state index contributed by atoms with van der Waals surface area (Å²) >= 11 is 0. The second-order valence-electron chi connectivity index (χ2n) is 5.31. The van der Waals surface area contributed by atoms with Crippen molar-refractivity contribution in [3.63, 3.8) is 0 Å². The zero-order valence-electron chi connectivity index (χ0n) is 10.7. The fourth-order valence-electron chi connectivity index (χ4n) is 2.43. The zero-order chi connectivity index (χ0) is 12.0. The predicted molar refractivity (Wildman–Crippen MR) is 68.2 cm³/mol. The molecule has 0 bridgehead atoms. The van der Waals surface area contributed by atoms with Crippen LogP contribution in [0.25, 0.3) is 0 Å². The number of nitrogens with zero attached hydrogens (tertiary/aromatic N) is 1. The highest BCUT2D eigenvalue weighted by molar-refractivity contribution is 4.93. The minimum atomic E-state index is -0.318. The summed E-state index contributed by atoms with van der Waals surface area (Å²) in [6.45, 7) is 6.50. The van der Waals surface area contributed by atoms with Crippen LogP contribution in [0.2, 0.25) is 0 Å². The van der Waals surface area contributed by atoms with Crippen molar-refractivity contribution in [3.05, 3.63) is 0 Å². The first-order chi connectivity index (χ1) is 7.59. The first-order valence-corrected chi connectivity index (χ1v) is 6.45. The van der Waals surface area contributed by atoms with Crippen molar-refractivity contribution in [2.45, 2.75) is 64.0 Å². The van der Waals surface area contributed by atoms with Gasteiger partial charge in [-0.1, -0.05) is 12.8 Å². The molecule has 1 heterocycles. The lowest BCUT2D eigenvalue weighted by atomic mass is 9.91. The fourth-order valence-corrected chi connectivity index (χ4v) is 2.43. The van der Waals surface area contributed by atoms with Crippen LogP contribution in [0.5, 0.6) is 0 Å². The van der Waals surface area contributed by atoms with E-state index in [9.17, 15) is 5.11 Å². The molecule has 1 aliphatic heterocycles. The minimum Gasteiger partial charge on any atom is -0.391 e. The van der Waals surface area contributed by atoms with Crippen LogP contribution in [0, 0.1) is 12.3 Å². The molecule has 16 heavy (non-hydrogen) atoms. The summed E-state index contributed by atoms with van der Waals surface area (Å²) < 4.78 is 0. The number of likely N-dealkylation sites (tertiary alicyclic amines) is 1. The maximum Gasteiger partial charge on any atom is 0.0727 e. The van der Waals surface area contributed by atoms with Crippen LogP contribution in [-0.4, -0.2) is 34.7 Å².